The van der Waals surface area contributed by atoms with Crippen molar-refractivity contribution in [1.29, 1.82) is 0 Å². The van der Waals surface area contributed by atoms with Crippen LogP contribution < -0.4 is 10.3 Å². The zero-order valence-electron chi connectivity index (χ0n) is 13.9. The minimum atomic E-state index is -1.42. The van der Waals surface area contributed by atoms with E-state index >= 15 is 0 Å². The molecule has 0 bridgehead atoms. The summed E-state index contributed by atoms with van der Waals surface area (Å²) in [6.45, 7) is 5.07. The van der Waals surface area contributed by atoms with E-state index in [-0.39, 0.29) is 17.2 Å². The fraction of sp³-hybridized carbons (Fsp3) is 0.294. The summed E-state index contributed by atoms with van der Waals surface area (Å²) in [4.78, 5) is 36.3. The van der Waals surface area contributed by atoms with Crippen LogP contribution >= 0.6 is 0 Å². The summed E-state index contributed by atoms with van der Waals surface area (Å²) >= 11 is 0. The number of rotatable bonds is 4. The maximum absolute atomic E-state index is 12.5. The van der Waals surface area contributed by atoms with E-state index in [0.29, 0.717) is 5.75 Å². The van der Waals surface area contributed by atoms with Gasteiger partial charge in [0, 0.05) is 5.41 Å². The Kier molecular flexibility index (Phi) is 4.54. The van der Waals surface area contributed by atoms with E-state index in [1.807, 2.05) is 0 Å². The summed E-state index contributed by atoms with van der Waals surface area (Å²) in [5.41, 5.74) is -1.96. The third kappa shape index (κ3) is 3.19. The molecule has 1 aromatic carbocycles. The van der Waals surface area contributed by atoms with E-state index in [0.717, 1.165) is 10.7 Å². The van der Waals surface area contributed by atoms with Crippen LogP contribution in [0.1, 0.15) is 41.6 Å². The highest BCUT2D eigenvalue weighted by Gasteiger charge is 2.27. The molecule has 0 amide bonds. The van der Waals surface area contributed by atoms with Crippen molar-refractivity contribution < 1.29 is 19.4 Å². The highest BCUT2D eigenvalue weighted by atomic mass is 16.5. The molecule has 0 radical (unpaired) electrons. The van der Waals surface area contributed by atoms with Crippen LogP contribution in [0.25, 0.3) is 5.69 Å². The van der Waals surface area contributed by atoms with E-state index < -0.39 is 22.5 Å². The number of hydrogen-bond acceptors (Lipinski definition) is 5. The first kappa shape index (κ1) is 17.4. The molecular formula is C17H18N2O5. The number of carboxylic acid groups (broad SMARTS) is 1. The van der Waals surface area contributed by atoms with Crippen LogP contribution in [0.4, 0.5) is 0 Å². The maximum Gasteiger partial charge on any atom is 0.341 e. The standard InChI is InChI=1S/C17H18N2O5/c1-17(2,3)14(20)11-9-10(16(22)23)15(21)19(18-11)12-7-5-6-8-13(12)24-4/h5-9H,1-4H3,(H,22,23). The average molecular weight is 330 g/mol. The number of Topliss-reactive ketones (excluding diaryl/α,β-unsaturated/α-hetero) is 1. The number of aromatic carboxylic acids is 1. The first-order valence-electron chi connectivity index (χ1n) is 7.22. The summed E-state index contributed by atoms with van der Waals surface area (Å²) in [5, 5.41) is 13.4. The first-order chi connectivity index (χ1) is 11.2. The van der Waals surface area contributed by atoms with Crippen molar-refractivity contribution in [3.63, 3.8) is 0 Å². The van der Waals surface area contributed by atoms with Crippen molar-refractivity contribution >= 4 is 11.8 Å². The van der Waals surface area contributed by atoms with Crippen molar-refractivity contribution in [1.82, 2.24) is 9.78 Å². The predicted octanol–water partition coefficient (Wildman–Crippen LogP) is 2.17. The molecule has 0 unspecified atom stereocenters. The van der Waals surface area contributed by atoms with Crippen molar-refractivity contribution in [2.75, 3.05) is 7.11 Å². The summed E-state index contributed by atoms with van der Waals surface area (Å²) in [7, 11) is 1.42. The Balaban J connectivity index is 2.81. The Bertz CT molecular complexity index is 862. The van der Waals surface area contributed by atoms with Gasteiger partial charge in [0.25, 0.3) is 5.56 Å². The molecule has 0 atom stereocenters. The first-order valence-corrected chi connectivity index (χ1v) is 7.22. The Morgan fingerprint density at radius 3 is 2.38 bits per heavy atom. The number of para-hydroxylation sites is 2. The Morgan fingerprint density at radius 1 is 1.21 bits per heavy atom. The maximum atomic E-state index is 12.5. The Hall–Kier alpha value is -2.96. The van der Waals surface area contributed by atoms with Crippen molar-refractivity contribution in [3.05, 3.63) is 51.9 Å². The SMILES string of the molecule is COc1ccccc1-n1nc(C(=O)C(C)(C)C)cc(C(=O)O)c1=O. The molecular weight excluding hydrogens is 312 g/mol. The molecule has 2 aromatic rings. The minimum absolute atomic E-state index is 0.0922. The molecule has 0 spiro atoms. The summed E-state index contributed by atoms with van der Waals surface area (Å²) in [5.74, 6) is -1.45. The topological polar surface area (TPSA) is 98.5 Å². The third-order valence-corrected chi connectivity index (χ3v) is 3.37. The van der Waals surface area contributed by atoms with Gasteiger partial charge in [0.2, 0.25) is 0 Å². The normalized spacial score (nSPS) is 11.2. The van der Waals surface area contributed by atoms with Gasteiger partial charge in [0.05, 0.1) is 7.11 Å². The van der Waals surface area contributed by atoms with Crippen LogP contribution in [0, 0.1) is 5.41 Å². The lowest BCUT2D eigenvalue weighted by atomic mass is 9.88. The molecule has 1 N–H and O–H groups in total. The van der Waals surface area contributed by atoms with Gasteiger partial charge in [0.1, 0.15) is 22.7 Å². The summed E-state index contributed by atoms with van der Waals surface area (Å²) in [6, 6.07) is 7.55. The zero-order chi connectivity index (χ0) is 18.1. The van der Waals surface area contributed by atoms with Gasteiger partial charge in [-0.2, -0.15) is 9.78 Å². The van der Waals surface area contributed by atoms with Gasteiger partial charge in [0.15, 0.2) is 5.78 Å². The Labute approximate surface area is 138 Å². The van der Waals surface area contributed by atoms with E-state index in [1.54, 1.807) is 45.0 Å². The number of methoxy groups -OCH3 is 1. The molecule has 0 aliphatic rings. The molecule has 0 saturated heterocycles. The number of ether oxygens (including phenoxy) is 1. The average Bonchev–Trinajstić information content (AvgIpc) is 2.53. The van der Waals surface area contributed by atoms with Gasteiger partial charge in [-0.05, 0) is 18.2 Å². The third-order valence-electron chi connectivity index (χ3n) is 3.37. The second-order valence-electron chi connectivity index (χ2n) is 6.22. The molecule has 7 heteroatoms. The number of nitrogens with zero attached hydrogens (tertiary/aromatic N) is 2. The second-order valence-corrected chi connectivity index (χ2v) is 6.22. The zero-order valence-corrected chi connectivity index (χ0v) is 13.9. The van der Waals surface area contributed by atoms with Crippen LogP contribution in [0.2, 0.25) is 0 Å². The number of benzene rings is 1. The highest BCUT2D eigenvalue weighted by molar-refractivity contribution is 6.00. The molecule has 1 heterocycles. The minimum Gasteiger partial charge on any atom is -0.494 e. The van der Waals surface area contributed by atoms with Crippen molar-refractivity contribution in [2.45, 2.75) is 20.8 Å². The molecule has 0 aliphatic heterocycles. The van der Waals surface area contributed by atoms with Gasteiger partial charge in [-0.25, -0.2) is 4.79 Å². The number of aromatic nitrogens is 2. The highest BCUT2D eigenvalue weighted by Crippen LogP contribution is 2.22. The van der Waals surface area contributed by atoms with Gasteiger partial charge < -0.3 is 9.84 Å². The van der Waals surface area contributed by atoms with E-state index in [9.17, 15) is 19.5 Å². The van der Waals surface area contributed by atoms with E-state index in [2.05, 4.69) is 5.10 Å². The smallest absolute Gasteiger partial charge is 0.341 e. The lowest BCUT2D eigenvalue weighted by Gasteiger charge is -2.17. The van der Waals surface area contributed by atoms with Gasteiger partial charge in [-0.3, -0.25) is 9.59 Å². The Morgan fingerprint density at radius 2 is 1.83 bits per heavy atom. The number of carbonyl (C=O) groups is 2. The van der Waals surface area contributed by atoms with Crippen LogP contribution in [0.3, 0.4) is 0 Å². The van der Waals surface area contributed by atoms with Gasteiger partial charge >= 0.3 is 5.97 Å². The molecule has 24 heavy (non-hydrogen) atoms. The number of carbonyl (C=O) groups excluding carboxylic acids is 1. The number of carboxylic acids is 1. The predicted molar refractivity (Wildman–Crippen MR) is 87.1 cm³/mol. The van der Waals surface area contributed by atoms with Crippen LogP contribution in [-0.4, -0.2) is 33.7 Å². The van der Waals surface area contributed by atoms with Crippen molar-refractivity contribution in [3.8, 4) is 11.4 Å². The van der Waals surface area contributed by atoms with Crippen LogP contribution in [0.15, 0.2) is 35.1 Å². The lowest BCUT2D eigenvalue weighted by molar-refractivity contribution is 0.0694. The number of ketones is 1. The summed E-state index contributed by atoms with van der Waals surface area (Å²) < 4.78 is 6.08. The van der Waals surface area contributed by atoms with E-state index in [4.69, 9.17) is 4.74 Å². The summed E-state index contributed by atoms with van der Waals surface area (Å²) in [6.07, 6.45) is 0. The largest absolute Gasteiger partial charge is 0.494 e. The van der Waals surface area contributed by atoms with E-state index in [1.165, 1.54) is 7.11 Å². The van der Waals surface area contributed by atoms with Crippen molar-refractivity contribution in [2.24, 2.45) is 5.41 Å². The number of hydrogen-bond donors (Lipinski definition) is 1. The van der Waals surface area contributed by atoms with Gasteiger partial charge in [-0.15, -0.1) is 0 Å². The van der Waals surface area contributed by atoms with Crippen LogP contribution in [-0.2, 0) is 0 Å². The molecule has 0 fully saturated rings. The fourth-order valence-electron chi connectivity index (χ4n) is 2.11. The molecule has 126 valence electrons. The lowest BCUT2D eigenvalue weighted by Crippen LogP contribution is -2.32. The molecule has 7 nitrogen and oxygen atoms in total. The molecule has 0 saturated carbocycles. The fourth-order valence-corrected chi connectivity index (χ4v) is 2.11. The van der Waals surface area contributed by atoms with Crippen LogP contribution in [0.5, 0.6) is 5.75 Å². The molecule has 0 aliphatic carbocycles. The molecule has 1 aromatic heterocycles. The monoisotopic (exact) mass is 330 g/mol. The molecule has 2 rings (SSSR count). The second kappa shape index (κ2) is 6.27. The van der Waals surface area contributed by atoms with Gasteiger partial charge in [-0.1, -0.05) is 32.9 Å². The quantitative estimate of drug-likeness (QED) is 0.863.